The van der Waals surface area contributed by atoms with E-state index in [-0.39, 0.29) is 0 Å². The van der Waals surface area contributed by atoms with Crippen molar-refractivity contribution in [2.45, 2.75) is 0 Å². The van der Waals surface area contributed by atoms with Gasteiger partial charge in [-0.2, -0.15) is 0 Å². The van der Waals surface area contributed by atoms with Gasteiger partial charge in [-0.05, 0) is 104 Å². The van der Waals surface area contributed by atoms with E-state index in [0.717, 1.165) is 44.6 Å². The third-order valence-corrected chi connectivity index (χ3v) is 10.5. The predicted octanol–water partition coefficient (Wildman–Crippen LogP) is 14.9. The van der Waals surface area contributed by atoms with E-state index in [1.165, 1.54) is 49.7 Å². The standard InChI is InChI=1S/C52H35NO/c1-2-12-36(13-3-1)37-24-28-42(29-25-37)53(44-32-33-50-49-21-8-9-23-51(49)54-52(50)35-44)43-30-26-39(27-31-43)46-19-6-7-20-47(46)40-16-10-17-41(34-40)48-22-11-15-38-14-4-5-18-45(38)48/h1-35H. The van der Waals surface area contributed by atoms with Gasteiger partial charge in [0.25, 0.3) is 0 Å². The summed E-state index contributed by atoms with van der Waals surface area (Å²) in [6.45, 7) is 0. The predicted molar refractivity (Wildman–Crippen MR) is 228 cm³/mol. The lowest BCUT2D eigenvalue weighted by Crippen LogP contribution is -2.09. The number of benzene rings is 9. The molecule has 0 aliphatic carbocycles. The van der Waals surface area contributed by atoms with Crippen LogP contribution >= 0.6 is 0 Å². The molecule has 0 aliphatic heterocycles. The Balaban J connectivity index is 1.04. The first-order chi connectivity index (χ1) is 26.8. The largest absolute Gasteiger partial charge is 0.456 e. The van der Waals surface area contributed by atoms with Gasteiger partial charge in [0, 0.05) is 33.9 Å². The molecule has 1 aromatic heterocycles. The van der Waals surface area contributed by atoms with Crippen molar-refractivity contribution in [3.63, 3.8) is 0 Å². The molecule has 2 nitrogen and oxygen atoms in total. The van der Waals surface area contributed by atoms with Gasteiger partial charge in [0.1, 0.15) is 11.2 Å². The van der Waals surface area contributed by atoms with Crippen LogP contribution in [-0.2, 0) is 0 Å². The van der Waals surface area contributed by atoms with Crippen LogP contribution in [0.15, 0.2) is 217 Å². The summed E-state index contributed by atoms with van der Waals surface area (Å²) in [4.78, 5) is 2.31. The van der Waals surface area contributed by atoms with Crippen LogP contribution in [0.1, 0.15) is 0 Å². The van der Waals surface area contributed by atoms with Crippen LogP contribution in [0.5, 0.6) is 0 Å². The topological polar surface area (TPSA) is 16.4 Å². The molecular weight excluding hydrogens is 655 g/mol. The Labute approximate surface area is 314 Å². The molecule has 10 rings (SSSR count). The monoisotopic (exact) mass is 689 g/mol. The second-order valence-corrected chi connectivity index (χ2v) is 13.7. The minimum absolute atomic E-state index is 0.871. The first-order valence-electron chi connectivity index (χ1n) is 18.4. The zero-order valence-corrected chi connectivity index (χ0v) is 29.6. The fraction of sp³-hybridized carbons (Fsp3) is 0. The summed E-state index contributed by atoms with van der Waals surface area (Å²) in [6.07, 6.45) is 0. The number of nitrogens with zero attached hydrogens (tertiary/aromatic N) is 1. The maximum atomic E-state index is 6.36. The van der Waals surface area contributed by atoms with Gasteiger partial charge in [-0.1, -0.05) is 158 Å². The van der Waals surface area contributed by atoms with Gasteiger partial charge in [0.05, 0.1) is 0 Å². The van der Waals surface area contributed by atoms with Crippen molar-refractivity contribution >= 4 is 49.8 Å². The Morgan fingerprint density at radius 1 is 0.278 bits per heavy atom. The minimum atomic E-state index is 0.871. The second-order valence-electron chi connectivity index (χ2n) is 13.7. The maximum Gasteiger partial charge on any atom is 0.137 e. The smallest absolute Gasteiger partial charge is 0.137 e. The van der Waals surface area contributed by atoms with Crippen molar-refractivity contribution in [1.82, 2.24) is 0 Å². The molecule has 9 aromatic carbocycles. The van der Waals surface area contributed by atoms with E-state index in [9.17, 15) is 0 Å². The van der Waals surface area contributed by atoms with E-state index < -0.39 is 0 Å². The van der Waals surface area contributed by atoms with Crippen LogP contribution in [0.25, 0.3) is 77.2 Å². The maximum absolute atomic E-state index is 6.36. The zero-order valence-electron chi connectivity index (χ0n) is 29.6. The molecule has 1 heterocycles. The number of para-hydroxylation sites is 1. The Bertz CT molecular complexity index is 2920. The highest BCUT2D eigenvalue weighted by atomic mass is 16.3. The molecule has 10 aromatic rings. The minimum Gasteiger partial charge on any atom is -0.456 e. The molecular formula is C52H35NO. The van der Waals surface area contributed by atoms with E-state index in [0.29, 0.717) is 0 Å². The van der Waals surface area contributed by atoms with Crippen molar-refractivity contribution in [2.75, 3.05) is 4.90 Å². The fourth-order valence-electron chi connectivity index (χ4n) is 7.84. The molecule has 254 valence electrons. The van der Waals surface area contributed by atoms with E-state index in [4.69, 9.17) is 4.42 Å². The normalized spacial score (nSPS) is 11.3. The summed E-state index contributed by atoms with van der Waals surface area (Å²) in [6, 6.07) is 75.9. The summed E-state index contributed by atoms with van der Waals surface area (Å²) in [7, 11) is 0. The van der Waals surface area contributed by atoms with Crippen LogP contribution in [0, 0.1) is 0 Å². The van der Waals surface area contributed by atoms with Gasteiger partial charge in [-0.25, -0.2) is 0 Å². The Kier molecular flexibility index (Phi) is 7.85. The van der Waals surface area contributed by atoms with Crippen LogP contribution < -0.4 is 4.90 Å². The number of rotatable bonds is 7. The molecule has 0 atom stereocenters. The zero-order chi connectivity index (χ0) is 35.8. The fourth-order valence-corrected chi connectivity index (χ4v) is 7.84. The molecule has 0 saturated heterocycles. The average Bonchev–Trinajstić information content (AvgIpc) is 3.62. The highest BCUT2D eigenvalue weighted by Crippen LogP contribution is 2.41. The molecule has 0 fully saturated rings. The van der Waals surface area contributed by atoms with Gasteiger partial charge in [0.15, 0.2) is 0 Å². The number of anilines is 3. The van der Waals surface area contributed by atoms with Crippen molar-refractivity contribution < 1.29 is 4.42 Å². The molecule has 0 N–H and O–H groups in total. The Hall–Kier alpha value is -7.16. The van der Waals surface area contributed by atoms with Crippen molar-refractivity contribution in [1.29, 1.82) is 0 Å². The first kappa shape index (κ1) is 31.6. The lowest BCUT2D eigenvalue weighted by atomic mass is 9.91. The molecule has 0 amide bonds. The molecule has 2 heteroatoms. The highest BCUT2D eigenvalue weighted by molar-refractivity contribution is 6.06. The summed E-state index contributed by atoms with van der Waals surface area (Å²) < 4.78 is 6.36. The Morgan fingerprint density at radius 3 is 1.56 bits per heavy atom. The van der Waals surface area contributed by atoms with Crippen molar-refractivity contribution in [3.05, 3.63) is 212 Å². The first-order valence-corrected chi connectivity index (χ1v) is 18.4. The molecule has 0 bridgehead atoms. The molecule has 0 unspecified atom stereocenters. The molecule has 54 heavy (non-hydrogen) atoms. The van der Waals surface area contributed by atoms with Crippen molar-refractivity contribution in [3.8, 4) is 44.5 Å². The Morgan fingerprint density at radius 2 is 0.778 bits per heavy atom. The van der Waals surface area contributed by atoms with E-state index in [2.05, 4.69) is 205 Å². The summed E-state index contributed by atoms with van der Waals surface area (Å²) >= 11 is 0. The number of fused-ring (bicyclic) bond motifs is 4. The number of furan rings is 1. The van der Waals surface area contributed by atoms with Crippen LogP contribution in [-0.4, -0.2) is 0 Å². The van der Waals surface area contributed by atoms with Crippen LogP contribution in [0.2, 0.25) is 0 Å². The van der Waals surface area contributed by atoms with Gasteiger partial charge >= 0.3 is 0 Å². The van der Waals surface area contributed by atoms with Crippen LogP contribution in [0.4, 0.5) is 17.1 Å². The highest BCUT2D eigenvalue weighted by Gasteiger charge is 2.17. The molecule has 0 aliphatic rings. The van der Waals surface area contributed by atoms with Crippen molar-refractivity contribution in [2.24, 2.45) is 0 Å². The summed E-state index contributed by atoms with van der Waals surface area (Å²) in [5.41, 5.74) is 14.5. The van der Waals surface area contributed by atoms with E-state index in [1.54, 1.807) is 0 Å². The molecule has 0 saturated carbocycles. The molecule has 0 radical (unpaired) electrons. The third-order valence-electron chi connectivity index (χ3n) is 10.5. The SMILES string of the molecule is c1ccc(-c2ccc(N(c3ccc(-c4ccccc4-c4cccc(-c5cccc6ccccc56)c4)cc3)c3ccc4c(c3)oc3ccccc34)cc2)cc1. The second kappa shape index (κ2) is 13.4. The number of hydrogen-bond acceptors (Lipinski definition) is 2. The van der Waals surface area contributed by atoms with Gasteiger partial charge < -0.3 is 9.32 Å². The lowest BCUT2D eigenvalue weighted by molar-refractivity contribution is 0.669. The van der Waals surface area contributed by atoms with E-state index >= 15 is 0 Å². The summed E-state index contributed by atoms with van der Waals surface area (Å²) in [5.74, 6) is 0. The third kappa shape index (κ3) is 5.71. The van der Waals surface area contributed by atoms with Crippen LogP contribution in [0.3, 0.4) is 0 Å². The van der Waals surface area contributed by atoms with Gasteiger partial charge in [0.2, 0.25) is 0 Å². The summed E-state index contributed by atoms with van der Waals surface area (Å²) in [5, 5.41) is 4.76. The average molecular weight is 690 g/mol. The van der Waals surface area contributed by atoms with E-state index in [1.807, 2.05) is 12.1 Å². The quantitative estimate of drug-likeness (QED) is 0.166. The number of hydrogen-bond donors (Lipinski definition) is 0. The van der Waals surface area contributed by atoms with Gasteiger partial charge in [-0.15, -0.1) is 0 Å². The van der Waals surface area contributed by atoms with Gasteiger partial charge in [-0.3, -0.25) is 0 Å². The lowest BCUT2D eigenvalue weighted by Gasteiger charge is -2.26. The molecule has 0 spiro atoms.